The van der Waals surface area contributed by atoms with Crippen LogP contribution in [0, 0.1) is 5.92 Å². The Hall–Kier alpha value is -9.16. The lowest BCUT2D eigenvalue weighted by Gasteiger charge is -2.45. The van der Waals surface area contributed by atoms with E-state index >= 15 is 0 Å². The van der Waals surface area contributed by atoms with Crippen LogP contribution in [0.4, 0.5) is 0 Å². The van der Waals surface area contributed by atoms with E-state index in [1.165, 1.54) is 34.6 Å². The molecule has 0 radical (unpaired) electrons. The summed E-state index contributed by atoms with van der Waals surface area (Å²) in [4.78, 5) is 200. The number of unbranched alkanes of at least 4 members (excludes halogenated alkanes) is 5. The second-order valence-corrected chi connectivity index (χ2v) is 31.4. The molecule has 3 fully saturated rings. The predicted octanol–water partition coefficient (Wildman–Crippen LogP) is -2.53. The zero-order valence-electron chi connectivity index (χ0n) is 79.7. The van der Waals surface area contributed by atoms with Crippen molar-refractivity contribution in [2.75, 3.05) is 191 Å². The van der Waals surface area contributed by atoms with Crippen LogP contribution in [-0.4, -0.2) is 396 Å². The van der Waals surface area contributed by atoms with Crippen LogP contribution in [0.25, 0.3) is 0 Å². The van der Waals surface area contributed by atoms with Crippen molar-refractivity contribution in [2.45, 2.75) is 258 Å². The van der Waals surface area contributed by atoms with Gasteiger partial charge in [-0.1, -0.05) is 33.1 Å². The van der Waals surface area contributed by atoms with Crippen molar-refractivity contribution in [1.82, 2.24) is 42.5 Å². The maximum atomic E-state index is 14.4. The molecule has 49 nitrogen and oxygen atoms in total. The Morgan fingerprint density at radius 2 is 0.607 bits per heavy atom. The number of amides is 7. The van der Waals surface area contributed by atoms with Crippen LogP contribution in [0.2, 0.25) is 0 Å². The van der Waals surface area contributed by atoms with E-state index in [0.717, 1.165) is 54.4 Å². The molecular formula is C86H144N8O41. The number of aliphatic hydroxyl groups excluding tert-OH is 1. The fourth-order valence-electron chi connectivity index (χ4n) is 13.6. The van der Waals surface area contributed by atoms with Gasteiger partial charge in [0.1, 0.15) is 76.1 Å². The van der Waals surface area contributed by atoms with Crippen LogP contribution in [0.3, 0.4) is 0 Å². The molecule has 0 aromatic carbocycles. The third-order valence-electron chi connectivity index (χ3n) is 19.3. The molecule has 0 unspecified atom stereocenters. The van der Waals surface area contributed by atoms with E-state index < -0.39 is 219 Å². The van der Waals surface area contributed by atoms with E-state index in [9.17, 15) is 81.8 Å². The van der Waals surface area contributed by atoms with Gasteiger partial charge in [0, 0.05) is 115 Å². The smallest absolute Gasteiger partial charge is 0.303 e. The minimum atomic E-state index is -1.31. The molecular weight excluding hydrogens is 1800 g/mol. The number of carbonyl (C=O) groups is 16. The van der Waals surface area contributed by atoms with Crippen molar-refractivity contribution in [3.8, 4) is 0 Å². The first-order chi connectivity index (χ1) is 64.5. The van der Waals surface area contributed by atoms with Crippen molar-refractivity contribution in [3.05, 3.63) is 0 Å². The molecule has 774 valence electrons. The second kappa shape index (κ2) is 71.3. The zero-order chi connectivity index (χ0) is 99.8. The predicted molar refractivity (Wildman–Crippen MR) is 462 cm³/mol. The Morgan fingerprint density at radius 1 is 0.311 bits per heavy atom. The first kappa shape index (κ1) is 120. The van der Waals surface area contributed by atoms with Gasteiger partial charge in [-0.25, -0.2) is 0 Å². The quantitative estimate of drug-likeness (QED) is 0.0172. The van der Waals surface area contributed by atoms with Crippen LogP contribution < -0.4 is 42.5 Å². The second-order valence-electron chi connectivity index (χ2n) is 31.4. The minimum Gasteiger partial charge on any atom is -0.463 e. The lowest BCUT2D eigenvalue weighted by molar-refractivity contribution is -0.280. The maximum Gasteiger partial charge on any atom is 0.303 e. The number of nitrogens with one attached hydrogen (secondary N) is 8. The Bertz CT molecular complexity index is 3540. The topological polar surface area (TPSA) is 611 Å². The Kier molecular flexibility index (Phi) is 63.4. The standard InChI is InChI=1S/C86H144N8O41/c1-53(2)91-73-79(130-62(11)104)76(127-59(8)101)67(47-124-56(5)98)133-84(73)121-43-40-115-31-28-112-34-37-118-50-70(107)87-24-19-16-22-65(46-90-72(109)52-120-39-36-114-30-33-117-42-45-123-86-75(93-55(4)97)81(132-64(13)106)78(129-61(10)103)69(135-86)49-126-58(7)100)82(110)94-66(83(111)89-26-18-14-15-21-27-95)23-17-20-25-88-71(108)51-119-38-35-113-29-32-116-41-44-122-85-74(92-54(3)96)80(131-63(12)105)77(128-60(9)102)68(134-85)48-125-57(6)99/h53,65-69,73-81,84-86,91,95H,14-52H2,1-13H3,(H,87,107)(H,88,108)(H,89,111)(H,90,109)(H,92,96)(H,93,97)(H,94,110)/t65-,66+,67-,68-,69-,73-,74-,75-,76+,77+,78+,79-,80-,81-,84-,85-,86-/m1/s1. The molecule has 0 aromatic rings. The van der Waals surface area contributed by atoms with Gasteiger partial charge in [0.25, 0.3) is 0 Å². The van der Waals surface area contributed by atoms with Gasteiger partial charge in [0.05, 0.1) is 131 Å². The highest BCUT2D eigenvalue weighted by molar-refractivity contribution is 5.89. The lowest BCUT2D eigenvalue weighted by Crippen LogP contribution is -2.66. The maximum absolute atomic E-state index is 14.4. The van der Waals surface area contributed by atoms with E-state index in [2.05, 4.69) is 42.5 Å². The van der Waals surface area contributed by atoms with Crippen LogP contribution in [0.1, 0.15) is 154 Å². The van der Waals surface area contributed by atoms with Crippen molar-refractivity contribution in [3.63, 3.8) is 0 Å². The Balaban J connectivity index is 1.55. The third kappa shape index (κ3) is 55.1. The fourth-order valence-corrected chi connectivity index (χ4v) is 13.6. The number of esters is 9. The fraction of sp³-hybridized carbons (Fsp3) is 0.814. The van der Waals surface area contributed by atoms with Crippen molar-refractivity contribution in [2.24, 2.45) is 5.92 Å². The van der Waals surface area contributed by atoms with Crippen molar-refractivity contribution >= 4 is 95.1 Å². The molecule has 0 saturated carbocycles. The molecule has 7 amide bonds. The van der Waals surface area contributed by atoms with Crippen LogP contribution in [-0.2, 0) is 190 Å². The van der Waals surface area contributed by atoms with Gasteiger partial charge in [-0.2, -0.15) is 0 Å². The van der Waals surface area contributed by atoms with E-state index in [0.29, 0.717) is 38.5 Å². The van der Waals surface area contributed by atoms with Gasteiger partial charge in [-0.3, -0.25) is 76.7 Å². The van der Waals surface area contributed by atoms with Gasteiger partial charge >= 0.3 is 53.7 Å². The normalized spacial score (nSPS) is 21.8. The summed E-state index contributed by atoms with van der Waals surface area (Å²) in [6, 6.07) is -4.36. The average Bonchev–Trinajstić information content (AvgIpc) is 0.795. The molecule has 3 rings (SSSR count). The van der Waals surface area contributed by atoms with Crippen LogP contribution in [0.15, 0.2) is 0 Å². The summed E-state index contributed by atoms with van der Waals surface area (Å²) < 4.78 is 135. The summed E-state index contributed by atoms with van der Waals surface area (Å²) in [5.41, 5.74) is 0. The van der Waals surface area contributed by atoms with Crippen LogP contribution >= 0.6 is 0 Å². The Labute approximate surface area is 785 Å². The first-order valence-corrected chi connectivity index (χ1v) is 45.2. The molecule has 0 aliphatic carbocycles. The molecule has 135 heavy (non-hydrogen) atoms. The summed E-state index contributed by atoms with van der Waals surface area (Å²) in [6.45, 7) is 15.7. The van der Waals surface area contributed by atoms with E-state index in [1.54, 1.807) is 0 Å². The summed E-state index contributed by atoms with van der Waals surface area (Å²) in [5.74, 6) is -10.7. The van der Waals surface area contributed by atoms with Gasteiger partial charge in [0.2, 0.25) is 41.4 Å². The van der Waals surface area contributed by atoms with Gasteiger partial charge in [-0.05, 0) is 44.9 Å². The van der Waals surface area contributed by atoms with Crippen molar-refractivity contribution < 1.29 is 196 Å². The highest BCUT2D eigenvalue weighted by atomic mass is 16.7. The lowest BCUT2D eigenvalue weighted by atomic mass is 9.95. The average molecular weight is 1950 g/mol. The van der Waals surface area contributed by atoms with Gasteiger partial charge in [-0.15, -0.1) is 0 Å². The molecule has 3 heterocycles. The first-order valence-electron chi connectivity index (χ1n) is 45.2. The molecule has 3 aliphatic heterocycles. The number of rotatable bonds is 73. The molecule has 0 bridgehead atoms. The number of hydrogen-bond donors (Lipinski definition) is 9. The summed E-state index contributed by atoms with van der Waals surface area (Å²) in [6.07, 6.45) is -9.93. The highest BCUT2D eigenvalue weighted by Crippen LogP contribution is 2.32. The van der Waals surface area contributed by atoms with E-state index in [-0.39, 0.29) is 190 Å². The number of carbonyl (C=O) groups excluding carboxylic acids is 16. The van der Waals surface area contributed by atoms with Crippen LogP contribution in [0.5, 0.6) is 0 Å². The Morgan fingerprint density at radius 3 is 0.941 bits per heavy atom. The number of ether oxygens (including phenoxy) is 24. The summed E-state index contributed by atoms with van der Waals surface area (Å²) in [5, 5.41) is 31.9. The molecule has 0 aromatic heterocycles. The number of aliphatic hydroxyl groups is 1. The molecule has 9 N–H and O–H groups in total. The van der Waals surface area contributed by atoms with Crippen molar-refractivity contribution in [1.29, 1.82) is 0 Å². The van der Waals surface area contributed by atoms with E-state index in [1.807, 2.05) is 13.8 Å². The van der Waals surface area contributed by atoms with Gasteiger partial charge < -0.3 is 161 Å². The molecule has 0 spiro atoms. The largest absolute Gasteiger partial charge is 0.463 e. The summed E-state index contributed by atoms with van der Waals surface area (Å²) in [7, 11) is 0. The van der Waals surface area contributed by atoms with E-state index in [4.69, 9.17) is 114 Å². The highest BCUT2D eigenvalue weighted by Gasteiger charge is 2.54. The zero-order valence-corrected chi connectivity index (χ0v) is 79.7. The molecule has 3 aliphatic rings. The van der Waals surface area contributed by atoms with Gasteiger partial charge in [0.15, 0.2) is 55.5 Å². The molecule has 17 atom stereocenters. The third-order valence-corrected chi connectivity index (χ3v) is 19.3. The monoisotopic (exact) mass is 1940 g/mol. The summed E-state index contributed by atoms with van der Waals surface area (Å²) >= 11 is 0. The minimum absolute atomic E-state index is 0.00532. The number of hydrogen-bond acceptors (Lipinski definition) is 42. The molecule has 49 heteroatoms. The SMILES string of the molecule is CC(=O)N[C@H]1[C@H](OCCOCCOCCOCC(=O)NCCCC[C@H](NC(=O)[C@H](CCCCNC(=O)COCCOCCOCCO[C@@H]2O[C@H](COC(C)=O)[C@H](OC(C)=O)[C@H](OC(C)=O)[C@H]2NC(C)C)CNC(=O)COCCOCCOCCO[C@@H]2O[C@H](COC(C)=O)[C@H](OC(C)=O)[C@H](OC(C)=O)[C@H]2NC(C)=O)C(=O)NCCCCCCO)O[C@H](COC(C)=O)[C@H](OC(C)=O)[C@@H]1OC(C)=O. The molecule has 3 saturated heterocycles.